The molecule has 3 aromatic rings. The Hall–Kier alpha value is -3.32. The molecule has 0 bridgehead atoms. The van der Waals surface area contributed by atoms with Crippen LogP contribution in [0.2, 0.25) is 0 Å². The maximum absolute atomic E-state index is 13.2. The first-order valence-electron chi connectivity index (χ1n) is 14.0. The van der Waals surface area contributed by atoms with Crippen molar-refractivity contribution in [2.45, 2.75) is 31.1 Å². The van der Waals surface area contributed by atoms with Gasteiger partial charge in [-0.25, -0.2) is 4.98 Å². The van der Waals surface area contributed by atoms with Crippen LogP contribution in [-0.4, -0.2) is 94.1 Å². The largest absolute Gasteiger partial charge is 0.476 e. The Labute approximate surface area is 240 Å². The van der Waals surface area contributed by atoms with E-state index >= 15 is 0 Å². The van der Waals surface area contributed by atoms with Crippen LogP contribution in [0.1, 0.15) is 31.2 Å². The molecule has 1 saturated heterocycles. The second kappa shape index (κ2) is 10.8. The molecule has 12 heteroatoms. The van der Waals surface area contributed by atoms with Crippen molar-refractivity contribution in [3.8, 4) is 17.0 Å². The van der Waals surface area contributed by atoms with Gasteiger partial charge in [0.05, 0.1) is 42.6 Å². The highest BCUT2D eigenvalue weighted by atomic mass is 32.2. The zero-order valence-electron chi connectivity index (χ0n) is 23.7. The maximum Gasteiger partial charge on any atom is 0.301 e. The summed E-state index contributed by atoms with van der Waals surface area (Å²) in [5.74, 6) is 0.362. The van der Waals surface area contributed by atoms with Crippen molar-refractivity contribution >= 4 is 38.4 Å². The average Bonchev–Trinajstić information content (AvgIpc) is 3.18. The van der Waals surface area contributed by atoms with Crippen LogP contribution in [0.5, 0.6) is 5.88 Å². The number of likely N-dealkylation sites (N-methyl/N-ethyl adjacent to an activating group) is 1. The Morgan fingerprint density at radius 1 is 1.10 bits per heavy atom. The van der Waals surface area contributed by atoms with Crippen LogP contribution in [0.3, 0.4) is 0 Å². The lowest BCUT2D eigenvalue weighted by Crippen LogP contribution is -2.43. The summed E-state index contributed by atoms with van der Waals surface area (Å²) in [4.78, 5) is 26.5. The van der Waals surface area contributed by atoms with Crippen LogP contribution >= 0.6 is 0 Å². The van der Waals surface area contributed by atoms with Gasteiger partial charge in [-0.1, -0.05) is 12.5 Å². The second-order valence-electron chi connectivity index (χ2n) is 11.2. The average molecular weight is 581 g/mol. The van der Waals surface area contributed by atoms with E-state index in [-0.39, 0.29) is 17.5 Å². The highest BCUT2D eigenvalue weighted by Gasteiger charge is 2.54. The van der Waals surface area contributed by atoms with Gasteiger partial charge < -0.3 is 14.4 Å². The molecule has 1 saturated carbocycles. The van der Waals surface area contributed by atoms with Gasteiger partial charge in [0.1, 0.15) is 5.69 Å². The van der Waals surface area contributed by atoms with E-state index < -0.39 is 15.6 Å². The summed E-state index contributed by atoms with van der Waals surface area (Å²) in [6, 6.07) is 7.68. The molecule has 1 spiro atoms. The van der Waals surface area contributed by atoms with Crippen molar-refractivity contribution in [1.82, 2.24) is 19.2 Å². The fraction of sp³-hybridized carbons (Fsp3) is 0.483. The fourth-order valence-electron chi connectivity index (χ4n) is 5.96. The molecule has 0 radical (unpaired) electrons. The minimum atomic E-state index is -3.80. The van der Waals surface area contributed by atoms with Gasteiger partial charge in [0.2, 0.25) is 11.8 Å². The summed E-state index contributed by atoms with van der Waals surface area (Å²) in [5, 5.41) is 0.941. The quantitative estimate of drug-likeness (QED) is 0.384. The number of amides is 1. The van der Waals surface area contributed by atoms with Crippen molar-refractivity contribution in [3.05, 3.63) is 42.2 Å². The Balaban J connectivity index is 1.32. The molecule has 0 unspecified atom stereocenters. The smallest absolute Gasteiger partial charge is 0.301 e. The molecule has 6 rings (SSSR count). The van der Waals surface area contributed by atoms with Crippen LogP contribution in [0.4, 0.5) is 11.4 Å². The predicted molar refractivity (Wildman–Crippen MR) is 158 cm³/mol. The summed E-state index contributed by atoms with van der Waals surface area (Å²) < 4.78 is 40.7. The van der Waals surface area contributed by atoms with Crippen LogP contribution in [0, 0.1) is 0 Å². The molecule has 2 fully saturated rings. The number of anilines is 2. The number of rotatable bonds is 9. The summed E-state index contributed by atoms with van der Waals surface area (Å²) in [5.41, 5.74) is 4.09. The molecule has 1 aromatic carbocycles. The Bertz CT molecular complexity index is 1580. The number of hydrogen-bond acceptors (Lipinski definition) is 8. The summed E-state index contributed by atoms with van der Waals surface area (Å²) >= 11 is 0. The van der Waals surface area contributed by atoms with Crippen LogP contribution < -0.4 is 14.4 Å². The van der Waals surface area contributed by atoms with Gasteiger partial charge in [-0.2, -0.15) is 12.7 Å². The molecule has 41 heavy (non-hydrogen) atoms. The Kier molecular flexibility index (Phi) is 7.35. The van der Waals surface area contributed by atoms with Gasteiger partial charge in [0, 0.05) is 63.5 Å². The lowest BCUT2D eigenvalue weighted by Gasteiger charge is -2.37. The van der Waals surface area contributed by atoms with Gasteiger partial charge in [-0.3, -0.25) is 19.4 Å². The molecule has 1 amide bonds. The van der Waals surface area contributed by atoms with Crippen molar-refractivity contribution in [2.75, 3.05) is 70.2 Å². The molecule has 4 heterocycles. The number of nitrogens with zero attached hydrogens (tertiary/aromatic N) is 5. The van der Waals surface area contributed by atoms with Crippen LogP contribution in [-0.2, 0) is 25.2 Å². The third-order valence-electron chi connectivity index (χ3n) is 8.47. The van der Waals surface area contributed by atoms with E-state index in [9.17, 15) is 13.2 Å². The van der Waals surface area contributed by atoms with E-state index in [1.807, 2.05) is 25.2 Å². The molecule has 1 aliphatic carbocycles. The van der Waals surface area contributed by atoms with Gasteiger partial charge in [0.15, 0.2) is 0 Å². The first-order chi connectivity index (χ1) is 19.7. The van der Waals surface area contributed by atoms with E-state index in [2.05, 4.69) is 19.6 Å². The first-order valence-corrected chi connectivity index (χ1v) is 15.5. The summed E-state index contributed by atoms with van der Waals surface area (Å²) in [6.45, 7) is 4.55. The van der Waals surface area contributed by atoms with Gasteiger partial charge in [0.25, 0.3) is 0 Å². The van der Waals surface area contributed by atoms with Crippen molar-refractivity contribution in [2.24, 2.45) is 0 Å². The normalized spacial score (nSPS) is 18.6. The minimum absolute atomic E-state index is 0.135. The van der Waals surface area contributed by atoms with Crippen molar-refractivity contribution < 1.29 is 22.7 Å². The first kappa shape index (κ1) is 27.8. The third-order valence-corrected chi connectivity index (χ3v) is 9.91. The highest BCUT2D eigenvalue weighted by Crippen LogP contribution is 2.55. The Morgan fingerprint density at radius 2 is 1.88 bits per heavy atom. The van der Waals surface area contributed by atoms with E-state index in [1.165, 1.54) is 14.1 Å². The van der Waals surface area contributed by atoms with E-state index in [0.29, 0.717) is 6.61 Å². The zero-order valence-corrected chi connectivity index (χ0v) is 24.5. The summed E-state index contributed by atoms with van der Waals surface area (Å²) in [7, 11) is 0.952. The highest BCUT2D eigenvalue weighted by molar-refractivity contribution is 7.90. The number of carbonyl (C=O) groups excluding carboxylic acids is 1. The molecule has 3 aliphatic rings. The van der Waals surface area contributed by atoms with Crippen molar-refractivity contribution in [3.63, 3.8) is 0 Å². The minimum Gasteiger partial charge on any atom is -0.476 e. The molecule has 2 aliphatic heterocycles. The third kappa shape index (κ3) is 5.03. The number of nitrogens with one attached hydrogen (secondary N) is 1. The molecular weight excluding hydrogens is 544 g/mol. The molecular formula is C29H36N6O5S. The van der Waals surface area contributed by atoms with E-state index in [0.717, 1.165) is 96.1 Å². The number of ether oxygens (including phenoxy) is 2. The molecule has 0 atom stereocenters. The topological polar surface area (TPSA) is 117 Å². The molecule has 11 nitrogen and oxygen atoms in total. The second-order valence-corrected chi connectivity index (χ2v) is 13.1. The maximum atomic E-state index is 13.2. The lowest BCUT2D eigenvalue weighted by molar-refractivity contribution is -0.125. The zero-order chi connectivity index (χ0) is 28.8. The standard InChI is InChI=1S/C29H36N6O5S/c1-33(2)41(37,38)32-24-17-21(18-31-27(24)40-13-5-10-35-11-14-39-15-12-35)20-6-7-23-22(16-20)26-25(19-30-23)34(3)28(36)29(26)8-4-9-29/h6-7,16-19,32H,4-5,8-15H2,1-3H3. The number of hydrogen-bond donors (Lipinski definition) is 1. The van der Waals surface area contributed by atoms with E-state index in [4.69, 9.17) is 9.47 Å². The number of benzene rings is 1. The number of carbonyl (C=O) groups is 1. The monoisotopic (exact) mass is 580 g/mol. The van der Waals surface area contributed by atoms with Gasteiger partial charge in [-0.15, -0.1) is 0 Å². The molecule has 218 valence electrons. The molecule has 2 aromatic heterocycles. The molecule has 1 N–H and O–H groups in total. The number of morpholine rings is 1. The lowest BCUT2D eigenvalue weighted by atomic mass is 9.64. The number of fused-ring (bicyclic) bond motifs is 4. The summed E-state index contributed by atoms with van der Waals surface area (Å²) in [6.07, 6.45) is 6.96. The fourth-order valence-corrected chi connectivity index (χ4v) is 6.57. The predicted octanol–water partition coefficient (Wildman–Crippen LogP) is 3.01. The van der Waals surface area contributed by atoms with E-state index in [1.54, 1.807) is 23.4 Å². The van der Waals surface area contributed by atoms with Crippen LogP contribution in [0.25, 0.3) is 22.0 Å². The van der Waals surface area contributed by atoms with Crippen LogP contribution in [0.15, 0.2) is 36.7 Å². The SMILES string of the molecule is CN1C(=O)C2(CCC2)c2c1cnc1ccc(-c3cnc(OCCCN4CCOCC4)c(NS(=O)(=O)N(C)C)c3)cc21. The van der Waals surface area contributed by atoms with Crippen molar-refractivity contribution in [1.29, 1.82) is 0 Å². The van der Waals surface area contributed by atoms with Gasteiger partial charge in [-0.05, 0) is 43.0 Å². The Morgan fingerprint density at radius 3 is 2.59 bits per heavy atom. The number of pyridine rings is 2. The van der Waals surface area contributed by atoms with Gasteiger partial charge >= 0.3 is 10.2 Å². The number of aromatic nitrogens is 2.